The minimum Gasteiger partial charge on any atom is -0.398 e. The van der Waals surface area contributed by atoms with Crippen LogP contribution in [0.4, 0.5) is 10.1 Å². The first-order valence-corrected chi connectivity index (χ1v) is 4.00. The van der Waals surface area contributed by atoms with Crippen LogP contribution < -0.4 is 5.73 Å². The Morgan fingerprint density at radius 1 is 1.54 bits per heavy atom. The van der Waals surface area contributed by atoms with Gasteiger partial charge in [0.15, 0.2) is 0 Å². The third-order valence-electron chi connectivity index (χ3n) is 1.94. The Morgan fingerprint density at radius 3 is 3.00 bits per heavy atom. The van der Waals surface area contributed by atoms with Gasteiger partial charge in [0.1, 0.15) is 12.3 Å². The number of fused-ring (bicyclic) bond motifs is 1. The summed E-state index contributed by atoms with van der Waals surface area (Å²) in [5.41, 5.74) is 8.46. The molecule has 2 aromatic heterocycles. The second-order valence-corrected chi connectivity index (χ2v) is 3.05. The maximum Gasteiger partial charge on any atom is 0.140 e. The highest BCUT2D eigenvalue weighted by Gasteiger charge is 2.03. The number of imidazole rings is 1. The van der Waals surface area contributed by atoms with Gasteiger partial charge in [-0.2, -0.15) is 0 Å². The molecule has 68 valence electrons. The number of hydrogen-bond donors (Lipinski definition) is 1. The van der Waals surface area contributed by atoms with Gasteiger partial charge in [0, 0.05) is 18.1 Å². The van der Waals surface area contributed by atoms with E-state index in [-0.39, 0.29) is 0 Å². The predicted octanol–water partition coefficient (Wildman–Crippen LogP) is 1.69. The Balaban J connectivity index is 2.75. The number of halogens is 1. The van der Waals surface area contributed by atoms with Gasteiger partial charge >= 0.3 is 0 Å². The van der Waals surface area contributed by atoms with E-state index in [0.717, 1.165) is 11.2 Å². The molecule has 0 aromatic carbocycles. The molecule has 0 spiro atoms. The van der Waals surface area contributed by atoms with Gasteiger partial charge in [0.2, 0.25) is 0 Å². The maximum atomic E-state index is 12.3. The van der Waals surface area contributed by atoms with Gasteiger partial charge in [-0.25, -0.2) is 9.37 Å². The van der Waals surface area contributed by atoms with Crippen LogP contribution in [-0.2, 0) is 6.67 Å². The molecule has 4 heteroatoms. The quantitative estimate of drug-likeness (QED) is 0.724. The Bertz CT molecular complexity index is 447. The maximum absolute atomic E-state index is 12.3. The molecule has 0 saturated carbocycles. The lowest BCUT2D eigenvalue weighted by Gasteiger charge is -1.98. The molecule has 0 fully saturated rings. The van der Waals surface area contributed by atoms with Crippen LogP contribution in [0.2, 0.25) is 0 Å². The lowest BCUT2D eigenvalue weighted by Crippen LogP contribution is -1.92. The number of anilines is 1. The van der Waals surface area contributed by atoms with Crippen molar-refractivity contribution in [1.29, 1.82) is 0 Å². The van der Waals surface area contributed by atoms with E-state index in [1.165, 1.54) is 0 Å². The van der Waals surface area contributed by atoms with Gasteiger partial charge in [-0.05, 0) is 18.6 Å². The van der Waals surface area contributed by atoms with Crippen molar-refractivity contribution in [3.63, 3.8) is 0 Å². The summed E-state index contributed by atoms with van der Waals surface area (Å²) in [4.78, 5) is 4.10. The fraction of sp³-hybridized carbons (Fsp3) is 0.222. The number of alkyl halides is 1. The molecule has 0 aliphatic rings. The third-order valence-corrected chi connectivity index (χ3v) is 1.94. The molecule has 2 N–H and O–H groups in total. The highest BCUT2D eigenvalue weighted by molar-refractivity contribution is 5.54. The van der Waals surface area contributed by atoms with Crippen molar-refractivity contribution in [1.82, 2.24) is 9.38 Å². The predicted molar refractivity (Wildman–Crippen MR) is 49.2 cm³/mol. The van der Waals surface area contributed by atoms with Gasteiger partial charge in [-0.1, -0.05) is 0 Å². The van der Waals surface area contributed by atoms with Crippen molar-refractivity contribution in [2.45, 2.75) is 13.6 Å². The van der Waals surface area contributed by atoms with Crippen molar-refractivity contribution >= 4 is 11.3 Å². The number of aryl methyl sites for hydroxylation is 1. The zero-order valence-electron chi connectivity index (χ0n) is 7.29. The Kier molecular flexibility index (Phi) is 1.69. The van der Waals surface area contributed by atoms with Crippen molar-refractivity contribution in [2.24, 2.45) is 0 Å². The number of nitrogens with two attached hydrogens (primary N) is 1. The van der Waals surface area contributed by atoms with E-state index < -0.39 is 6.67 Å². The van der Waals surface area contributed by atoms with E-state index in [1.54, 1.807) is 16.8 Å². The Hall–Kier alpha value is -1.58. The highest BCUT2D eigenvalue weighted by Crippen LogP contribution is 2.14. The standard InChI is InChI=1S/C9H10FN3/c1-6-2-7(11)4-13-5-8(3-10)12-9(6)13/h2,4-5H,3,11H2,1H3. The molecule has 13 heavy (non-hydrogen) atoms. The molecular weight excluding hydrogens is 169 g/mol. The fourth-order valence-corrected chi connectivity index (χ4v) is 1.41. The first-order chi connectivity index (χ1) is 6.20. The lowest BCUT2D eigenvalue weighted by molar-refractivity contribution is 0.477. The van der Waals surface area contributed by atoms with Crippen LogP contribution in [-0.4, -0.2) is 9.38 Å². The molecule has 0 atom stereocenters. The average Bonchev–Trinajstić information content (AvgIpc) is 2.47. The van der Waals surface area contributed by atoms with Crippen LogP contribution in [0.25, 0.3) is 5.65 Å². The summed E-state index contributed by atoms with van der Waals surface area (Å²) in [5, 5.41) is 0. The van der Waals surface area contributed by atoms with E-state index in [1.807, 2.05) is 13.0 Å². The topological polar surface area (TPSA) is 43.3 Å². The summed E-state index contributed by atoms with van der Waals surface area (Å²) in [6.45, 7) is 1.36. The minimum absolute atomic E-state index is 0.439. The minimum atomic E-state index is -0.541. The number of nitrogens with zero attached hydrogens (tertiary/aromatic N) is 2. The van der Waals surface area contributed by atoms with Crippen LogP contribution in [0.15, 0.2) is 18.5 Å². The normalized spacial score (nSPS) is 10.9. The summed E-state index contributed by atoms with van der Waals surface area (Å²) in [6.07, 6.45) is 3.38. The molecular formula is C9H10FN3. The summed E-state index contributed by atoms with van der Waals surface area (Å²) >= 11 is 0. The highest BCUT2D eigenvalue weighted by atomic mass is 19.1. The van der Waals surface area contributed by atoms with Crippen molar-refractivity contribution < 1.29 is 4.39 Å². The molecule has 0 aliphatic carbocycles. The zero-order chi connectivity index (χ0) is 9.42. The second-order valence-electron chi connectivity index (χ2n) is 3.05. The summed E-state index contributed by atoms with van der Waals surface area (Å²) in [5.74, 6) is 0. The van der Waals surface area contributed by atoms with E-state index in [4.69, 9.17) is 5.73 Å². The van der Waals surface area contributed by atoms with E-state index in [9.17, 15) is 4.39 Å². The molecule has 0 radical (unpaired) electrons. The molecule has 2 heterocycles. The fourth-order valence-electron chi connectivity index (χ4n) is 1.41. The van der Waals surface area contributed by atoms with Gasteiger partial charge < -0.3 is 10.1 Å². The molecule has 2 rings (SSSR count). The SMILES string of the molecule is Cc1cc(N)cn2cc(CF)nc12. The number of pyridine rings is 1. The van der Waals surface area contributed by atoms with Crippen LogP contribution in [0, 0.1) is 6.92 Å². The van der Waals surface area contributed by atoms with Crippen LogP contribution >= 0.6 is 0 Å². The largest absolute Gasteiger partial charge is 0.398 e. The lowest BCUT2D eigenvalue weighted by atomic mass is 10.3. The number of rotatable bonds is 1. The molecule has 0 amide bonds. The summed E-state index contributed by atoms with van der Waals surface area (Å²) in [7, 11) is 0. The summed E-state index contributed by atoms with van der Waals surface area (Å²) in [6, 6.07) is 1.82. The number of nitrogen functional groups attached to an aromatic ring is 1. The second kappa shape index (κ2) is 2.73. The monoisotopic (exact) mass is 179 g/mol. The first-order valence-electron chi connectivity index (χ1n) is 4.00. The molecule has 0 unspecified atom stereocenters. The Labute approximate surface area is 75.0 Å². The number of hydrogen-bond acceptors (Lipinski definition) is 2. The third kappa shape index (κ3) is 1.24. The summed E-state index contributed by atoms with van der Waals surface area (Å²) < 4.78 is 14.0. The van der Waals surface area contributed by atoms with E-state index in [0.29, 0.717) is 11.4 Å². The van der Waals surface area contributed by atoms with Gasteiger partial charge in [0.25, 0.3) is 0 Å². The molecule has 3 nitrogen and oxygen atoms in total. The van der Waals surface area contributed by atoms with E-state index in [2.05, 4.69) is 4.98 Å². The van der Waals surface area contributed by atoms with Crippen LogP contribution in [0.1, 0.15) is 11.3 Å². The van der Waals surface area contributed by atoms with Gasteiger partial charge in [-0.3, -0.25) is 0 Å². The molecule has 0 saturated heterocycles. The van der Waals surface area contributed by atoms with E-state index >= 15 is 0 Å². The first kappa shape index (κ1) is 8.04. The zero-order valence-corrected chi connectivity index (χ0v) is 7.29. The van der Waals surface area contributed by atoms with Crippen molar-refractivity contribution in [2.75, 3.05) is 5.73 Å². The van der Waals surface area contributed by atoms with Crippen molar-refractivity contribution in [3.8, 4) is 0 Å². The van der Waals surface area contributed by atoms with Crippen LogP contribution in [0.5, 0.6) is 0 Å². The molecule has 0 aliphatic heterocycles. The van der Waals surface area contributed by atoms with Gasteiger partial charge in [0.05, 0.1) is 5.69 Å². The molecule has 2 aromatic rings. The number of aromatic nitrogens is 2. The Morgan fingerprint density at radius 2 is 2.31 bits per heavy atom. The van der Waals surface area contributed by atoms with Crippen LogP contribution in [0.3, 0.4) is 0 Å². The average molecular weight is 179 g/mol. The smallest absolute Gasteiger partial charge is 0.140 e. The van der Waals surface area contributed by atoms with Gasteiger partial charge in [-0.15, -0.1) is 0 Å². The van der Waals surface area contributed by atoms with Crippen molar-refractivity contribution in [3.05, 3.63) is 29.7 Å². The molecule has 0 bridgehead atoms.